The predicted octanol–water partition coefficient (Wildman–Crippen LogP) is 3.83. The summed E-state index contributed by atoms with van der Waals surface area (Å²) in [6.45, 7) is 3.67. The van der Waals surface area contributed by atoms with Crippen LogP contribution < -0.4 is 10.6 Å². The number of hydrogen-bond acceptors (Lipinski definition) is 6. The molecule has 0 radical (unpaired) electrons. The first-order valence-electron chi connectivity index (χ1n) is 9.80. The summed E-state index contributed by atoms with van der Waals surface area (Å²) in [5.74, 6) is 0.145. The number of benzene rings is 1. The van der Waals surface area contributed by atoms with Crippen molar-refractivity contribution in [1.29, 1.82) is 0 Å². The monoisotopic (exact) mass is 442 g/mol. The number of carbonyl (C=O) groups is 2. The first-order chi connectivity index (χ1) is 14.9. The van der Waals surface area contributed by atoms with Gasteiger partial charge in [-0.05, 0) is 43.5 Å². The molecule has 162 valence electrons. The third kappa shape index (κ3) is 5.48. The van der Waals surface area contributed by atoms with Crippen molar-refractivity contribution in [3.8, 4) is 22.8 Å². The number of carbonyl (C=O) groups excluding carboxylic acids is 2. The zero-order chi connectivity index (χ0) is 22.4. The van der Waals surface area contributed by atoms with Crippen LogP contribution in [0.3, 0.4) is 0 Å². The molecule has 0 unspecified atom stereocenters. The molecule has 2 heterocycles. The van der Waals surface area contributed by atoms with E-state index in [0.717, 1.165) is 5.56 Å². The molecule has 0 aliphatic carbocycles. The Morgan fingerprint density at radius 2 is 1.97 bits per heavy atom. The minimum absolute atomic E-state index is 0.0623. The Bertz CT molecular complexity index is 1100. The highest BCUT2D eigenvalue weighted by molar-refractivity contribution is 6.33. The van der Waals surface area contributed by atoms with Gasteiger partial charge >= 0.3 is 0 Å². The highest BCUT2D eigenvalue weighted by atomic mass is 35.5. The first kappa shape index (κ1) is 22.5. The van der Waals surface area contributed by atoms with E-state index in [-0.39, 0.29) is 29.9 Å². The molecule has 9 heteroatoms. The predicted molar refractivity (Wildman–Crippen MR) is 118 cm³/mol. The average molecular weight is 443 g/mol. The molecule has 0 aliphatic rings. The van der Waals surface area contributed by atoms with Crippen molar-refractivity contribution in [2.24, 2.45) is 0 Å². The first-order valence-corrected chi connectivity index (χ1v) is 10.2. The number of aromatic nitrogens is 2. The summed E-state index contributed by atoms with van der Waals surface area (Å²) in [5, 5.41) is 14.8. The summed E-state index contributed by atoms with van der Waals surface area (Å²) in [5.41, 5.74) is 1.99. The van der Waals surface area contributed by atoms with Crippen molar-refractivity contribution in [2.45, 2.75) is 26.7 Å². The molecule has 0 saturated heterocycles. The number of aliphatic hydroxyl groups is 1. The number of rotatable bonds is 8. The van der Waals surface area contributed by atoms with Gasteiger partial charge in [-0.25, -0.2) is 9.97 Å². The van der Waals surface area contributed by atoms with Crippen LogP contribution in [0.25, 0.3) is 22.8 Å². The molecule has 3 aromatic rings. The number of aryl methyl sites for hydroxylation is 1. The van der Waals surface area contributed by atoms with E-state index in [4.69, 9.17) is 21.1 Å². The van der Waals surface area contributed by atoms with Crippen LogP contribution in [-0.4, -0.2) is 40.0 Å². The molecule has 2 aromatic heterocycles. The number of halogens is 1. The van der Waals surface area contributed by atoms with Gasteiger partial charge in [0.05, 0.1) is 5.02 Å². The van der Waals surface area contributed by atoms with E-state index in [1.807, 2.05) is 6.92 Å². The quantitative estimate of drug-likeness (QED) is 0.456. The molecule has 0 atom stereocenters. The second-order valence-electron chi connectivity index (χ2n) is 6.93. The van der Waals surface area contributed by atoms with E-state index in [0.29, 0.717) is 41.4 Å². The molecule has 2 amide bonds. The van der Waals surface area contributed by atoms with Crippen molar-refractivity contribution in [3.05, 3.63) is 52.8 Å². The Morgan fingerprint density at radius 1 is 1.19 bits per heavy atom. The zero-order valence-corrected chi connectivity index (χ0v) is 18.0. The van der Waals surface area contributed by atoms with Crippen LogP contribution in [0.4, 0.5) is 5.82 Å². The third-order valence-electron chi connectivity index (χ3n) is 4.47. The fourth-order valence-corrected chi connectivity index (χ4v) is 3.16. The fourth-order valence-electron chi connectivity index (χ4n) is 2.94. The lowest BCUT2D eigenvalue weighted by molar-refractivity contribution is -0.114. The highest BCUT2D eigenvalue weighted by Gasteiger charge is 2.24. The van der Waals surface area contributed by atoms with Crippen molar-refractivity contribution in [3.63, 3.8) is 0 Å². The molecule has 8 nitrogen and oxygen atoms in total. The number of pyridine rings is 1. The van der Waals surface area contributed by atoms with Gasteiger partial charge in [0.2, 0.25) is 11.8 Å². The number of amides is 2. The van der Waals surface area contributed by atoms with Crippen LogP contribution in [0, 0.1) is 6.92 Å². The normalized spacial score (nSPS) is 10.7. The van der Waals surface area contributed by atoms with Gasteiger partial charge in [0, 0.05) is 37.4 Å². The van der Waals surface area contributed by atoms with Crippen LogP contribution in [0.5, 0.6) is 0 Å². The maximum absolute atomic E-state index is 12.8. The molecule has 0 bridgehead atoms. The van der Waals surface area contributed by atoms with Crippen LogP contribution >= 0.6 is 11.6 Å². The Labute approximate surface area is 184 Å². The van der Waals surface area contributed by atoms with Crippen molar-refractivity contribution >= 4 is 29.2 Å². The van der Waals surface area contributed by atoms with Gasteiger partial charge in [0.25, 0.3) is 5.91 Å². The van der Waals surface area contributed by atoms with Crippen LogP contribution in [-0.2, 0) is 4.79 Å². The van der Waals surface area contributed by atoms with Gasteiger partial charge in [0.15, 0.2) is 11.5 Å². The lowest BCUT2D eigenvalue weighted by Crippen LogP contribution is -2.25. The van der Waals surface area contributed by atoms with Gasteiger partial charge in [-0.1, -0.05) is 23.7 Å². The minimum Gasteiger partial charge on any atom is -0.435 e. The van der Waals surface area contributed by atoms with Gasteiger partial charge in [-0.2, -0.15) is 0 Å². The highest BCUT2D eigenvalue weighted by Crippen LogP contribution is 2.35. The summed E-state index contributed by atoms with van der Waals surface area (Å²) < 4.78 is 6.02. The molecule has 3 rings (SSSR count). The summed E-state index contributed by atoms with van der Waals surface area (Å²) in [7, 11) is 0. The van der Waals surface area contributed by atoms with E-state index in [9.17, 15) is 9.59 Å². The molecule has 0 fully saturated rings. The van der Waals surface area contributed by atoms with Crippen LogP contribution in [0.2, 0.25) is 5.02 Å². The largest absolute Gasteiger partial charge is 0.435 e. The van der Waals surface area contributed by atoms with E-state index >= 15 is 0 Å². The third-order valence-corrected chi connectivity index (χ3v) is 4.80. The molecule has 31 heavy (non-hydrogen) atoms. The van der Waals surface area contributed by atoms with Crippen molar-refractivity contribution in [2.75, 3.05) is 18.5 Å². The summed E-state index contributed by atoms with van der Waals surface area (Å²) >= 11 is 6.35. The van der Waals surface area contributed by atoms with E-state index in [1.54, 1.807) is 36.5 Å². The smallest absolute Gasteiger partial charge is 0.273 e. The van der Waals surface area contributed by atoms with Gasteiger partial charge < -0.3 is 20.2 Å². The topological polar surface area (TPSA) is 117 Å². The number of nitrogens with zero attached hydrogens (tertiary/aromatic N) is 2. The molecule has 3 N–H and O–H groups in total. The van der Waals surface area contributed by atoms with E-state index in [1.165, 1.54) is 6.92 Å². The van der Waals surface area contributed by atoms with Gasteiger partial charge in [-0.3, -0.25) is 9.59 Å². The Morgan fingerprint density at radius 3 is 2.68 bits per heavy atom. The number of hydrogen-bond donors (Lipinski definition) is 3. The summed E-state index contributed by atoms with van der Waals surface area (Å²) in [6, 6.07) is 8.66. The SMILES string of the molecule is CC(=O)Nc1cc(-c2nc(C(=O)NCCCCO)c(-c3ccccc3Cl)o2)c(C)cn1. The number of unbranched alkanes of at least 4 members (excludes halogenated alkanes) is 1. The lowest BCUT2D eigenvalue weighted by Gasteiger charge is -2.05. The van der Waals surface area contributed by atoms with Crippen LogP contribution in [0.15, 0.2) is 40.9 Å². The Balaban J connectivity index is 2.04. The lowest BCUT2D eigenvalue weighted by atomic mass is 10.1. The standard InChI is InChI=1S/C22H23ClN4O4/c1-13-12-25-18(26-14(2)29)11-16(13)22-27-19(21(30)24-9-5-6-10-28)20(31-22)15-7-3-4-8-17(15)23/h3-4,7-8,11-12,28H,5-6,9-10H2,1-2H3,(H,24,30)(H,25,26,29). The molecular weight excluding hydrogens is 420 g/mol. The average Bonchev–Trinajstić information content (AvgIpc) is 3.17. The second-order valence-corrected chi connectivity index (χ2v) is 7.34. The number of nitrogens with one attached hydrogen (secondary N) is 2. The molecule has 1 aromatic carbocycles. The number of anilines is 1. The maximum Gasteiger partial charge on any atom is 0.273 e. The van der Waals surface area contributed by atoms with E-state index in [2.05, 4.69) is 20.6 Å². The number of aliphatic hydroxyl groups excluding tert-OH is 1. The van der Waals surface area contributed by atoms with Crippen molar-refractivity contribution < 1.29 is 19.1 Å². The number of oxazole rings is 1. The summed E-state index contributed by atoms with van der Waals surface area (Å²) in [6.07, 6.45) is 2.82. The van der Waals surface area contributed by atoms with Crippen LogP contribution in [0.1, 0.15) is 35.8 Å². The van der Waals surface area contributed by atoms with E-state index < -0.39 is 5.91 Å². The summed E-state index contributed by atoms with van der Waals surface area (Å²) in [4.78, 5) is 32.9. The molecule has 0 spiro atoms. The molecule has 0 aliphatic heterocycles. The minimum atomic E-state index is -0.406. The zero-order valence-electron chi connectivity index (χ0n) is 17.2. The maximum atomic E-state index is 12.8. The fraction of sp³-hybridized carbons (Fsp3) is 0.273. The van der Waals surface area contributed by atoms with Gasteiger partial charge in [-0.15, -0.1) is 0 Å². The second kappa shape index (κ2) is 10.2. The molecular formula is C22H23ClN4O4. The molecule has 0 saturated carbocycles. The van der Waals surface area contributed by atoms with Crippen molar-refractivity contribution in [1.82, 2.24) is 15.3 Å². The van der Waals surface area contributed by atoms with Gasteiger partial charge in [0.1, 0.15) is 5.82 Å². The Kier molecular flexibility index (Phi) is 7.38. The Hall–Kier alpha value is -3.23.